The zero-order valence-electron chi connectivity index (χ0n) is 3.72. The standard InChI is InChI=1S/C4H5N2O/c1-5-4-6-2-3-7-4/h2-3H,1H2,(H,5,6). The van der Waals surface area contributed by atoms with Crippen molar-refractivity contribution in [1.82, 2.24) is 4.98 Å². The van der Waals surface area contributed by atoms with Crippen molar-refractivity contribution in [2.75, 3.05) is 5.32 Å². The van der Waals surface area contributed by atoms with Gasteiger partial charge in [-0.3, -0.25) is 0 Å². The molecule has 1 radical (unpaired) electrons. The Hall–Kier alpha value is -0.990. The predicted molar refractivity (Wildman–Crippen MR) is 25.5 cm³/mol. The summed E-state index contributed by atoms with van der Waals surface area (Å²) in [6.07, 6.45) is 3.03. The predicted octanol–water partition coefficient (Wildman–Crippen LogP) is 0.878. The number of oxazole rings is 1. The molecule has 0 amide bonds. The molecule has 1 N–H and O–H groups in total. The minimum absolute atomic E-state index is 0.444. The Morgan fingerprint density at radius 2 is 2.71 bits per heavy atom. The number of anilines is 1. The summed E-state index contributed by atoms with van der Waals surface area (Å²) < 4.78 is 4.70. The highest BCUT2D eigenvalue weighted by molar-refractivity contribution is 5.16. The van der Waals surface area contributed by atoms with E-state index < -0.39 is 0 Å². The molecule has 0 aromatic carbocycles. The fourth-order valence-electron chi connectivity index (χ4n) is 0.311. The molecule has 0 aliphatic heterocycles. The molecule has 0 saturated carbocycles. The number of hydrogen-bond donors (Lipinski definition) is 1. The van der Waals surface area contributed by atoms with Crippen LogP contribution in [-0.4, -0.2) is 4.98 Å². The molecule has 0 bridgehead atoms. The summed E-state index contributed by atoms with van der Waals surface area (Å²) in [6, 6.07) is 0.444. The average molecular weight is 97.1 g/mol. The van der Waals surface area contributed by atoms with Gasteiger partial charge in [-0.25, -0.2) is 4.98 Å². The third-order valence-corrected chi connectivity index (χ3v) is 0.584. The van der Waals surface area contributed by atoms with Crippen molar-refractivity contribution in [2.45, 2.75) is 0 Å². The molecule has 1 rings (SSSR count). The third kappa shape index (κ3) is 0.707. The quantitative estimate of drug-likeness (QED) is 0.565. The Morgan fingerprint density at radius 3 is 3.00 bits per heavy atom. The van der Waals surface area contributed by atoms with Crippen LogP contribution < -0.4 is 5.32 Å². The molecular formula is C4H5N2O. The Labute approximate surface area is 41.4 Å². The van der Waals surface area contributed by atoms with Gasteiger partial charge in [0.1, 0.15) is 6.26 Å². The normalized spacial score (nSPS) is 8.71. The van der Waals surface area contributed by atoms with Gasteiger partial charge in [0, 0.05) is 7.05 Å². The molecule has 0 spiro atoms. The molecule has 1 aromatic rings. The van der Waals surface area contributed by atoms with Gasteiger partial charge in [0.2, 0.25) is 0 Å². The Morgan fingerprint density at radius 1 is 1.86 bits per heavy atom. The fourth-order valence-corrected chi connectivity index (χ4v) is 0.311. The van der Waals surface area contributed by atoms with E-state index in [0.29, 0.717) is 6.01 Å². The van der Waals surface area contributed by atoms with Crippen LogP contribution in [0.4, 0.5) is 6.01 Å². The van der Waals surface area contributed by atoms with E-state index in [2.05, 4.69) is 17.3 Å². The maximum Gasteiger partial charge on any atom is 0.294 e. The van der Waals surface area contributed by atoms with Gasteiger partial charge in [0.05, 0.1) is 6.20 Å². The van der Waals surface area contributed by atoms with Gasteiger partial charge in [-0.15, -0.1) is 0 Å². The minimum atomic E-state index is 0.444. The van der Waals surface area contributed by atoms with E-state index in [1.165, 1.54) is 6.26 Å². The lowest BCUT2D eigenvalue weighted by atomic mass is 11.0. The van der Waals surface area contributed by atoms with Crippen molar-refractivity contribution in [3.63, 3.8) is 0 Å². The van der Waals surface area contributed by atoms with Crippen molar-refractivity contribution in [1.29, 1.82) is 0 Å². The van der Waals surface area contributed by atoms with Gasteiger partial charge in [0.25, 0.3) is 6.01 Å². The van der Waals surface area contributed by atoms with Crippen molar-refractivity contribution in [2.24, 2.45) is 0 Å². The van der Waals surface area contributed by atoms with E-state index in [0.717, 1.165) is 0 Å². The topological polar surface area (TPSA) is 38.1 Å². The first-order chi connectivity index (χ1) is 3.43. The van der Waals surface area contributed by atoms with Gasteiger partial charge in [-0.1, -0.05) is 0 Å². The average Bonchev–Trinajstić information content (AvgIpc) is 2.14. The van der Waals surface area contributed by atoms with Crippen LogP contribution in [0.15, 0.2) is 16.9 Å². The molecule has 0 saturated heterocycles. The first-order valence-corrected chi connectivity index (χ1v) is 1.86. The highest BCUT2D eigenvalue weighted by Gasteiger charge is 1.84. The summed E-state index contributed by atoms with van der Waals surface area (Å²) in [5.41, 5.74) is 0. The van der Waals surface area contributed by atoms with Gasteiger partial charge >= 0.3 is 0 Å². The van der Waals surface area contributed by atoms with E-state index in [-0.39, 0.29) is 0 Å². The van der Waals surface area contributed by atoms with E-state index in [4.69, 9.17) is 4.42 Å². The number of nitrogens with zero attached hydrogens (tertiary/aromatic N) is 1. The van der Waals surface area contributed by atoms with Gasteiger partial charge in [-0.2, -0.15) is 0 Å². The molecule has 0 aliphatic rings. The van der Waals surface area contributed by atoms with Gasteiger partial charge < -0.3 is 9.73 Å². The molecule has 0 unspecified atom stereocenters. The molecule has 0 atom stereocenters. The summed E-state index contributed by atoms with van der Waals surface area (Å²) in [7, 11) is 3.32. The molecule has 37 valence electrons. The van der Waals surface area contributed by atoms with Crippen LogP contribution in [0, 0.1) is 7.05 Å². The van der Waals surface area contributed by atoms with Crippen molar-refractivity contribution in [3.05, 3.63) is 19.5 Å². The monoisotopic (exact) mass is 97.0 g/mol. The van der Waals surface area contributed by atoms with Crippen molar-refractivity contribution >= 4 is 6.01 Å². The third-order valence-electron chi connectivity index (χ3n) is 0.584. The molecule has 0 fully saturated rings. The summed E-state index contributed by atoms with van der Waals surface area (Å²) in [5, 5.41) is 2.48. The lowest BCUT2D eigenvalue weighted by molar-refractivity contribution is 0.577. The molecule has 1 aromatic heterocycles. The van der Waals surface area contributed by atoms with Crippen LogP contribution in [-0.2, 0) is 0 Å². The van der Waals surface area contributed by atoms with Crippen LogP contribution >= 0.6 is 0 Å². The number of rotatable bonds is 1. The van der Waals surface area contributed by atoms with E-state index in [9.17, 15) is 0 Å². The first-order valence-electron chi connectivity index (χ1n) is 1.86. The maximum atomic E-state index is 4.70. The van der Waals surface area contributed by atoms with Gasteiger partial charge in [0.15, 0.2) is 0 Å². The largest absolute Gasteiger partial charge is 0.432 e. The summed E-state index contributed by atoms with van der Waals surface area (Å²) in [6.45, 7) is 0. The Kier molecular flexibility index (Phi) is 0.978. The highest BCUT2D eigenvalue weighted by atomic mass is 16.4. The summed E-state index contributed by atoms with van der Waals surface area (Å²) >= 11 is 0. The lowest BCUT2D eigenvalue weighted by Gasteiger charge is -1.82. The molecular weight excluding hydrogens is 92.1 g/mol. The van der Waals surface area contributed by atoms with Crippen molar-refractivity contribution < 1.29 is 4.42 Å². The summed E-state index contributed by atoms with van der Waals surface area (Å²) in [4.78, 5) is 3.69. The van der Waals surface area contributed by atoms with Crippen LogP contribution in [0.1, 0.15) is 0 Å². The zero-order valence-corrected chi connectivity index (χ0v) is 3.72. The van der Waals surface area contributed by atoms with Gasteiger partial charge in [-0.05, 0) is 0 Å². The van der Waals surface area contributed by atoms with Crippen LogP contribution in [0.5, 0.6) is 0 Å². The SMILES string of the molecule is [CH2]Nc1ncco1. The Balaban J connectivity index is 2.76. The highest BCUT2D eigenvalue weighted by Crippen LogP contribution is 1.97. The fraction of sp³-hybridized carbons (Fsp3) is 0. The van der Waals surface area contributed by atoms with Crippen LogP contribution in [0.3, 0.4) is 0 Å². The molecule has 1 heterocycles. The molecule has 3 heteroatoms. The second-order valence-corrected chi connectivity index (χ2v) is 1.01. The Bertz CT molecular complexity index is 124. The molecule has 7 heavy (non-hydrogen) atoms. The second kappa shape index (κ2) is 1.64. The number of nitrogens with one attached hydrogen (secondary N) is 1. The first kappa shape index (κ1) is 4.18. The number of hydrogen-bond acceptors (Lipinski definition) is 3. The zero-order chi connectivity index (χ0) is 5.11. The van der Waals surface area contributed by atoms with Crippen molar-refractivity contribution in [3.8, 4) is 0 Å². The van der Waals surface area contributed by atoms with E-state index in [1.807, 2.05) is 0 Å². The van der Waals surface area contributed by atoms with E-state index in [1.54, 1.807) is 6.20 Å². The molecule has 0 aliphatic carbocycles. The molecule has 3 nitrogen and oxygen atoms in total. The van der Waals surface area contributed by atoms with E-state index >= 15 is 0 Å². The summed E-state index contributed by atoms with van der Waals surface area (Å²) in [5.74, 6) is 0. The van der Waals surface area contributed by atoms with Crippen LogP contribution in [0.2, 0.25) is 0 Å². The van der Waals surface area contributed by atoms with Crippen LogP contribution in [0.25, 0.3) is 0 Å². The smallest absolute Gasteiger partial charge is 0.294 e. The maximum absolute atomic E-state index is 4.70. The minimum Gasteiger partial charge on any atom is -0.432 e. The number of aromatic nitrogens is 1. The lowest BCUT2D eigenvalue weighted by Crippen LogP contribution is -1.80. The second-order valence-electron chi connectivity index (χ2n) is 1.01.